The highest BCUT2D eigenvalue weighted by Gasteiger charge is 2.26. The van der Waals surface area contributed by atoms with E-state index >= 15 is 0 Å². The molecule has 8 nitrogen and oxygen atoms in total. The minimum Gasteiger partial charge on any atom is -0.744 e. The molecule has 1 aromatic carbocycles. The van der Waals surface area contributed by atoms with Crippen LogP contribution in [-0.4, -0.2) is 44.5 Å². The average molecular weight is 696 g/mol. The van der Waals surface area contributed by atoms with Crippen molar-refractivity contribution in [1.82, 2.24) is 0 Å². The maximum Gasteiger partial charge on any atom is 0.305 e. The number of ether oxygens (including phenoxy) is 3. The molecule has 2 aromatic rings. The third-order valence-electron chi connectivity index (χ3n) is 8.42. The number of hydrogen-bond donors (Lipinski definition) is 0. The first kappa shape index (κ1) is 41.3. The molecule has 10 heteroatoms. The van der Waals surface area contributed by atoms with Gasteiger partial charge in [0.2, 0.25) is 5.51 Å². The highest BCUT2D eigenvalue weighted by molar-refractivity contribution is 7.85. The molecule has 1 aliphatic rings. The van der Waals surface area contributed by atoms with E-state index in [2.05, 4.69) is 28.6 Å². The van der Waals surface area contributed by atoms with Gasteiger partial charge in [-0.15, -0.1) is 0 Å². The van der Waals surface area contributed by atoms with E-state index in [1.54, 1.807) is 23.5 Å². The predicted molar refractivity (Wildman–Crippen MR) is 187 cm³/mol. The van der Waals surface area contributed by atoms with Crippen molar-refractivity contribution in [3.05, 3.63) is 46.9 Å². The molecule has 0 saturated carbocycles. The summed E-state index contributed by atoms with van der Waals surface area (Å²) in [5.74, 6) is -0.118. The summed E-state index contributed by atoms with van der Waals surface area (Å²) in [6, 6.07) is 5.78. The second-order valence-corrected chi connectivity index (χ2v) is 14.9. The quantitative estimate of drug-likeness (QED) is 0.0442. The molecule has 1 saturated heterocycles. The molecule has 1 aliphatic heterocycles. The molecule has 2 heterocycles. The second kappa shape index (κ2) is 26.1. The van der Waals surface area contributed by atoms with Crippen molar-refractivity contribution in [2.45, 2.75) is 166 Å². The van der Waals surface area contributed by atoms with Crippen LogP contribution in [0.4, 0.5) is 0 Å². The van der Waals surface area contributed by atoms with Crippen molar-refractivity contribution in [3.63, 3.8) is 0 Å². The predicted octanol–water partition coefficient (Wildman–Crippen LogP) is 9.04. The lowest BCUT2D eigenvalue weighted by molar-refractivity contribution is -0.692. The van der Waals surface area contributed by atoms with Gasteiger partial charge in [0, 0.05) is 12.8 Å². The van der Waals surface area contributed by atoms with Gasteiger partial charge in [-0.2, -0.15) is 4.57 Å². The number of carbonyl (C=O) groups is 1. The Morgan fingerprint density at radius 1 is 0.872 bits per heavy atom. The van der Waals surface area contributed by atoms with Crippen molar-refractivity contribution in [2.75, 3.05) is 13.2 Å². The molecule has 0 amide bonds. The Hall–Kier alpha value is -1.85. The molecule has 0 aliphatic carbocycles. The van der Waals surface area contributed by atoms with E-state index in [4.69, 9.17) is 14.2 Å². The van der Waals surface area contributed by atoms with Crippen LogP contribution in [-0.2, 0) is 35.7 Å². The number of aromatic nitrogens is 1. The molecule has 3 rings (SSSR count). The lowest BCUT2D eigenvalue weighted by Crippen LogP contribution is -2.29. The minimum atomic E-state index is -4.27. The molecular weight excluding hydrogens is 635 g/mol. The van der Waals surface area contributed by atoms with Crippen molar-refractivity contribution in [3.8, 4) is 0 Å². The lowest BCUT2D eigenvalue weighted by atomic mass is 10.0. The van der Waals surface area contributed by atoms with Crippen LogP contribution < -0.4 is 4.57 Å². The summed E-state index contributed by atoms with van der Waals surface area (Å²) in [6.45, 7) is 5.98. The number of aryl methyl sites for hydroxylation is 2. The van der Waals surface area contributed by atoms with Crippen LogP contribution in [0.15, 0.2) is 46.2 Å². The fourth-order valence-corrected chi connectivity index (χ4v) is 6.62. The molecule has 0 radical (unpaired) electrons. The molecule has 0 unspecified atom stereocenters. The number of esters is 1. The van der Waals surface area contributed by atoms with Crippen LogP contribution in [0.3, 0.4) is 0 Å². The number of nitrogens with zero attached hydrogens (tertiary/aromatic N) is 1. The van der Waals surface area contributed by atoms with E-state index in [1.807, 2.05) is 6.92 Å². The van der Waals surface area contributed by atoms with Crippen LogP contribution in [0.5, 0.6) is 0 Å². The lowest BCUT2D eigenvalue weighted by Gasteiger charge is -2.12. The number of unbranched alkanes of at least 4 members (excludes halogenated alkanes) is 16. The van der Waals surface area contributed by atoms with Crippen molar-refractivity contribution < 1.29 is 36.5 Å². The third kappa shape index (κ3) is 21.7. The third-order valence-corrected chi connectivity index (χ3v) is 9.94. The van der Waals surface area contributed by atoms with Gasteiger partial charge in [0.1, 0.15) is 29.4 Å². The normalized spacial score (nSPS) is 16.1. The second-order valence-electron chi connectivity index (χ2n) is 12.8. The Kier molecular flexibility index (Phi) is 22.9. The van der Waals surface area contributed by atoms with Crippen LogP contribution in [0, 0.1) is 6.92 Å². The van der Waals surface area contributed by atoms with E-state index in [0.29, 0.717) is 19.6 Å². The summed E-state index contributed by atoms with van der Waals surface area (Å²) in [5, 5.41) is 2.08. The zero-order valence-corrected chi connectivity index (χ0v) is 30.7. The number of benzene rings is 1. The summed E-state index contributed by atoms with van der Waals surface area (Å²) in [4.78, 5) is 11.8. The Bertz CT molecular complexity index is 1140. The zero-order chi connectivity index (χ0) is 34.0. The SMILES string of the molecule is CCCCCCCCCCCCCCCCC[C@H]1OC[C@H](COC(=O)CCCCC[n+]2ccsc2)O1.Cc1ccc(S(=O)(=O)[O-])cc1. The summed E-state index contributed by atoms with van der Waals surface area (Å²) < 4.78 is 50.4. The molecular formula is C37H61NO7S2. The van der Waals surface area contributed by atoms with E-state index in [9.17, 15) is 17.8 Å². The highest BCUT2D eigenvalue weighted by atomic mass is 32.2. The first-order valence-electron chi connectivity index (χ1n) is 18.1. The van der Waals surface area contributed by atoms with Crippen molar-refractivity contribution in [1.29, 1.82) is 0 Å². The summed E-state index contributed by atoms with van der Waals surface area (Å²) >= 11 is 1.71. The van der Waals surface area contributed by atoms with E-state index in [1.165, 1.54) is 102 Å². The van der Waals surface area contributed by atoms with Gasteiger partial charge in [0.25, 0.3) is 0 Å². The van der Waals surface area contributed by atoms with Gasteiger partial charge in [-0.1, -0.05) is 126 Å². The van der Waals surface area contributed by atoms with Gasteiger partial charge in [-0.3, -0.25) is 4.79 Å². The zero-order valence-electron chi connectivity index (χ0n) is 29.1. The topological polar surface area (TPSA) is 106 Å². The molecule has 1 fully saturated rings. The molecule has 1 aromatic heterocycles. The molecule has 0 bridgehead atoms. The Morgan fingerprint density at radius 2 is 1.45 bits per heavy atom. The standard InChI is InChI=1S/C30H54NO4S.C7H8O3S/c1-2-3-4-5-6-7-8-9-10-11-12-13-14-15-18-21-30-34-26-28(35-30)25-33-29(32)20-17-16-19-22-31-23-24-36-27-31;1-6-2-4-7(5-3-6)11(8,9)10/h23-24,27-28,30H,2-22,25-26H2,1H3;2-5H,1H3,(H,8,9,10)/q+1;/p-1/t28-,30-;/m0./s1. The summed E-state index contributed by atoms with van der Waals surface area (Å²) in [6.07, 6.45) is 27.0. The van der Waals surface area contributed by atoms with Crippen LogP contribution in [0.1, 0.15) is 141 Å². The Labute approximate surface area is 289 Å². The van der Waals surface area contributed by atoms with Gasteiger partial charge >= 0.3 is 5.97 Å². The van der Waals surface area contributed by atoms with Crippen molar-refractivity contribution in [2.24, 2.45) is 0 Å². The minimum absolute atomic E-state index is 0.106. The number of carbonyl (C=O) groups excluding carboxylic acids is 1. The molecule has 47 heavy (non-hydrogen) atoms. The maximum absolute atomic E-state index is 12.0. The average Bonchev–Trinajstić information content (AvgIpc) is 3.74. The van der Waals surface area contributed by atoms with Crippen molar-refractivity contribution >= 4 is 27.4 Å². The number of hydrogen-bond acceptors (Lipinski definition) is 8. The van der Waals surface area contributed by atoms with E-state index in [-0.39, 0.29) is 23.3 Å². The van der Waals surface area contributed by atoms with Crippen LogP contribution in [0.25, 0.3) is 0 Å². The number of thiazole rings is 1. The highest BCUT2D eigenvalue weighted by Crippen LogP contribution is 2.19. The Balaban J connectivity index is 0.000000587. The summed E-state index contributed by atoms with van der Waals surface area (Å²) in [5.41, 5.74) is 3.04. The Morgan fingerprint density at radius 3 is 2.00 bits per heavy atom. The monoisotopic (exact) mass is 695 g/mol. The first-order chi connectivity index (χ1) is 22.8. The van der Waals surface area contributed by atoms with E-state index in [0.717, 1.165) is 44.2 Å². The first-order valence-corrected chi connectivity index (χ1v) is 20.5. The largest absolute Gasteiger partial charge is 0.744 e. The smallest absolute Gasteiger partial charge is 0.305 e. The van der Waals surface area contributed by atoms with Gasteiger partial charge in [-0.05, 0) is 44.7 Å². The van der Waals surface area contributed by atoms with Crippen LogP contribution >= 0.6 is 11.3 Å². The van der Waals surface area contributed by atoms with Crippen LogP contribution in [0.2, 0.25) is 0 Å². The fraction of sp³-hybridized carbons (Fsp3) is 0.730. The molecule has 0 N–H and O–H groups in total. The fourth-order valence-electron chi connectivity index (χ4n) is 5.52. The molecule has 2 atom stereocenters. The molecule has 0 spiro atoms. The van der Waals surface area contributed by atoms with E-state index < -0.39 is 10.1 Å². The molecule has 268 valence electrons. The summed E-state index contributed by atoms with van der Waals surface area (Å²) in [7, 11) is -4.27. The van der Waals surface area contributed by atoms with Gasteiger partial charge in [-0.25, -0.2) is 8.42 Å². The van der Waals surface area contributed by atoms with Gasteiger partial charge in [0.05, 0.1) is 16.9 Å². The number of rotatable bonds is 25. The van der Waals surface area contributed by atoms with Gasteiger partial charge in [0.15, 0.2) is 12.5 Å². The maximum atomic E-state index is 12.0. The van der Waals surface area contributed by atoms with Gasteiger partial charge < -0.3 is 18.8 Å².